The van der Waals surface area contributed by atoms with Crippen molar-refractivity contribution in [3.05, 3.63) is 29.8 Å². The summed E-state index contributed by atoms with van der Waals surface area (Å²) in [6.07, 6.45) is 2.13. The molecule has 17 heavy (non-hydrogen) atoms. The van der Waals surface area contributed by atoms with E-state index in [4.69, 9.17) is 15.2 Å². The van der Waals surface area contributed by atoms with Gasteiger partial charge in [-0.05, 0) is 37.5 Å². The van der Waals surface area contributed by atoms with E-state index < -0.39 is 0 Å². The lowest BCUT2D eigenvalue weighted by atomic mass is 9.74. The van der Waals surface area contributed by atoms with Gasteiger partial charge in [-0.15, -0.1) is 0 Å². The molecule has 1 heterocycles. The summed E-state index contributed by atoms with van der Waals surface area (Å²) in [4.78, 5) is 0. The van der Waals surface area contributed by atoms with E-state index in [2.05, 4.69) is 19.1 Å². The molecule has 2 rings (SSSR count). The zero-order valence-electron chi connectivity index (χ0n) is 10.6. The highest BCUT2D eigenvalue weighted by atomic mass is 16.5. The molecule has 0 bridgehead atoms. The van der Waals surface area contributed by atoms with Crippen molar-refractivity contribution in [3.63, 3.8) is 0 Å². The predicted octanol–water partition coefficient (Wildman–Crippen LogP) is 2.09. The van der Waals surface area contributed by atoms with Crippen molar-refractivity contribution in [3.8, 4) is 5.75 Å². The molecule has 1 atom stereocenters. The highest BCUT2D eigenvalue weighted by Crippen LogP contribution is 2.37. The summed E-state index contributed by atoms with van der Waals surface area (Å²) in [5, 5.41) is 0. The second-order valence-corrected chi connectivity index (χ2v) is 5.02. The molecule has 3 heteroatoms. The van der Waals surface area contributed by atoms with Crippen molar-refractivity contribution in [1.82, 2.24) is 0 Å². The number of hydrogen-bond donors (Lipinski definition) is 1. The van der Waals surface area contributed by atoms with Gasteiger partial charge < -0.3 is 15.2 Å². The van der Waals surface area contributed by atoms with Gasteiger partial charge in [-0.1, -0.05) is 12.1 Å². The molecule has 0 saturated carbocycles. The van der Waals surface area contributed by atoms with Crippen LogP contribution in [0.25, 0.3) is 0 Å². The highest BCUT2D eigenvalue weighted by Gasteiger charge is 2.39. The molecule has 1 aromatic rings. The lowest BCUT2D eigenvalue weighted by Gasteiger charge is -2.42. The van der Waals surface area contributed by atoms with E-state index in [1.807, 2.05) is 12.1 Å². The Morgan fingerprint density at radius 2 is 2.00 bits per heavy atom. The number of methoxy groups -OCH3 is 1. The summed E-state index contributed by atoms with van der Waals surface area (Å²) in [5.41, 5.74) is 7.36. The van der Waals surface area contributed by atoms with Crippen molar-refractivity contribution in [2.24, 2.45) is 5.73 Å². The summed E-state index contributed by atoms with van der Waals surface area (Å²) in [6, 6.07) is 8.57. The molecular weight excluding hydrogens is 214 g/mol. The van der Waals surface area contributed by atoms with E-state index >= 15 is 0 Å². The first-order valence-corrected chi connectivity index (χ1v) is 6.14. The van der Waals surface area contributed by atoms with E-state index in [-0.39, 0.29) is 11.5 Å². The van der Waals surface area contributed by atoms with Crippen LogP contribution in [0.2, 0.25) is 0 Å². The Labute approximate surface area is 103 Å². The summed E-state index contributed by atoms with van der Waals surface area (Å²) in [6.45, 7) is 3.68. The molecule has 0 aliphatic carbocycles. The van der Waals surface area contributed by atoms with Crippen LogP contribution in [-0.2, 0) is 10.2 Å². The van der Waals surface area contributed by atoms with E-state index in [1.54, 1.807) is 7.11 Å². The maximum atomic E-state index is 5.84. The SMILES string of the molecule is COc1ccc(C2(CCC(C)N)COC2)cc1. The van der Waals surface area contributed by atoms with E-state index in [9.17, 15) is 0 Å². The van der Waals surface area contributed by atoms with E-state index in [0.717, 1.165) is 31.8 Å². The summed E-state index contributed by atoms with van der Waals surface area (Å²) in [5.74, 6) is 0.899. The number of benzene rings is 1. The maximum Gasteiger partial charge on any atom is 0.118 e. The van der Waals surface area contributed by atoms with Crippen molar-refractivity contribution < 1.29 is 9.47 Å². The molecule has 1 fully saturated rings. The standard InChI is InChI=1S/C14H21NO2/c1-11(15)7-8-14(9-17-10-14)12-3-5-13(16-2)6-4-12/h3-6,11H,7-10,15H2,1-2H3. The van der Waals surface area contributed by atoms with Crippen LogP contribution in [0.3, 0.4) is 0 Å². The zero-order valence-corrected chi connectivity index (χ0v) is 10.6. The summed E-state index contributed by atoms with van der Waals surface area (Å²) >= 11 is 0. The fourth-order valence-corrected chi connectivity index (χ4v) is 2.25. The molecule has 1 aliphatic heterocycles. The fourth-order valence-electron chi connectivity index (χ4n) is 2.25. The fraction of sp³-hybridized carbons (Fsp3) is 0.571. The Kier molecular flexibility index (Phi) is 3.69. The third kappa shape index (κ3) is 2.61. The number of ether oxygens (including phenoxy) is 2. The average molecular weight is 235 g/mol. The van der Waals surface area contributed by atoms with Gasteiger partial charge in [0.2, 0.25) is 0 Å². The number of rotatable bonds is 5. The molecule has 94 valence electrons. The Morgan fingerprint density at radius 1 is 1.35 bits per heavy atom. The minimum Gasteiger partial charge on any atom is -0.497 e. The third-order valence-electron chi connectivity index (χ3n) is 3.54. The Hall–Kier alpha value is -1.06. The van der Waals surface area contributed by atoms with Gasteiger partial charge in [-0.3, -0.25) is 0 Å². The topological polar surface area (TPSA) is 44.5 Å². The molecular formula is C14H21NO2. The van der Waals surface area contributed by atoms with Crippen LogP contribution in [0.5, 0.6) is 5.75 Å². The monoisotopic (exact) mass is 235 g/mol. The normalized spacial score (nSPS) is 19.5. The van der Waals surface area contributed by atoms with Crippen molar-refractivity contribution >= 4 is 0 Å². The van der Waals surface area contributed by atoms with E-state index in [0.29, 0.717) is 0 Å². The molecule has 1 aromatic carbocycles. The molecule has 1 aliphatic rings. The Morgan fingerprint density at radius 3 is 2.41 bits per heavy atom. The smallest absolute Gasteiger partial charge is 0.118 e. The van der Waals surface area contributed by atoms with Crippen LogP contribution < -0.4 is 10.5 Å². The van der Waals surface area contributed by atoms with Gasteiger partial charge in [0, 0.05) is 11.5 Å². The molecule has 3 nitrogen and oxygen atoms in total. The quantitative estimate of drug-likeness (QED) is 0.850. The minimum atomic E-state index is 0.180. The molecule has 0 spiro atoms. The van der Waals surface area contributed by atoms with Gasteiger partial charge in [0.15, 0.2) is 0 Å². The maximum absolute atomic E-state index is 5.84. The van der Waals surface area contributed by atoms with Gasteiger partial charge in [0.1, 0.15) is 5.75 Å². The zero-order chi connectivity index (χ0) is 12.3. The molecule has 2 N–H and O–H groups in total. The molecule has 0 aromatic heterocycles. The minimum absolute atomic E-state index is 0.180. The second-order valence-electron chi connectivity index (χ2n) is 5.02. The molecule has 0 amide bonds. The van der Waals surface area contributed by atoms with Crippen LogP contribution in [0.1, 0.15) is 25.3 Å². The predicted molar refractivity (Wildman–Crippen MR) is 68.4 cm³/mol. The van der Waals surface area contributed by atoms with Crippen LogP contribution in [0.15, 0.2) is 24.3 Å². The lowest BCUT2D eigenvalue weighted by Crippen LogP contribution is -2.47. The number of hydrogen-bond acceptors (Lipinski definition) is 3. The first-order chi connectivity index (χ1) is 8.16. The Balaban J connectivity index is 2.10. The first kappa shape index (κ1) is 12.4. The third-order valence-corrected chi connectivity index (χ3v) is 3.54. The van der Waals surface area contributed by atoms with Gasteiger partial charge in [0.05, 0.1) is 20.3 Å². The number of nitrogens with two attached hydrogens (primary N) is 1. The summed E-state index contributed by atoms with van der Waals surface area (Å²) in [7, 11) is 1.69. The van der Waals surface area contributed by atoms with Crippen LogP contribution in [0.4, 0.5) is 0 Å². The Bertz CT molecular complexity index is 355. The van der Waals surface area contributed by atoms with Crippen molar-refractivity contribution in [2.45, 2.75) is 31.2 Å². The van der Waals surface area contributed by atoms with Gasteiger partial charge in [-0.2, -0.15) is 0 Å². The van der Waals surface area contributed by atoms with E-state index in [1.165, 1.54) is 5.56 Å². The van der Waals surface area contributed by atoms with Crippen molar-refractivity contribution in [2.75, 3.05) is 20.3 Å². The van der Waals surface area contributed by atoms with Gasteiger partial charge >= 0.3 is 0 Å². The van der Waals surface area contributed by atoms with Crippen LogP contribution >= 0.6 is 0 Å². The second kappa shape index (κ2) is 5.07. The molecule has 1 saturated heterocycles. The first-order valence-electron chi connectivity index (χ1n) is 6.14. The molecule has 1 unspecified atom stereocenters. The lowest BCUT2D eigenvalue weighted by molar-refractivity contribution is -0.0656. The molecule has 0 radical (unpaired) electrons. The van der Waals surface area contributed by atoms with Crippen LogP contribution in [0, 0.1) is 0 Å². The van der Waals surface area contributed by atoms with Gasteiger partial charge in [-0.25, -0.2) is 0 Å². The van der Waals surface area contributed by atoms with Crippen molar-refractivity contribution in [1.29, 1.82) is 0 Å². The van der Waals surface area contributed by atoms with Crippen LogP contribution in [-0.4, -0.2) is 26.4 Å². The summed E-state index contributed by atoms with van der Waals surface area (Å²) < 4.78 is 10.6. The highest BCUT2D eigenvalue weighted by molar-refractivity contribution is 5.34. The van der Waals surface area contributed by atoms with Gasteiger partial charge in [0.25, 0.3) is 0 Å². The average Bonchev–Trinajstić information content (AvgIpc) is 2.28. The largest absolute Gasteiger partial charge is 0.497 e.